The molecule has 156 valence electrons. The third kappa shape index (κ3) is 4.25. The molecule has 1 N–H and O–H groups in total. The molecule has 1 saturated heterocycles. The number of hydrogen-bond donors (Lipinski definition) is 1. The number of likely N-dealkylation sites (tertiary alicyclic amines) is 1. The van der Waals surface area contributed by atoms with Crippen LogP contribution >= 0.6 is 11.6 Å². The van der Waals surface area contributed by atoms with Crippen LogP contribution in [0.3, 0.4) is 0 Å². The first-order chi connectivity index (χ1) is 15.0. The van der Waals surface area contributed by atoms with Crippen LogP contribution < -0.4 is 0 Å². The van der Waals surface area contributed by atoms with Gasteiger partial charge in [0, 0.05) is 17.1 Å². The molecule has 3 aromatic rings. The average Bonchev–Trinajstić information content (AvgIpc) is 3.04. The Bertz CT molecular complexity index is 1140. The highest BCUT2D eigenvalue weighted by atomic mass is 35.5. The van der Waals surface area contributed by atoms with Crippen LogP contribution in [0.4, 0.5) is 0 Å². The minimum Gasteiger partial charge on any atom is -0.507 e. The largest absolute Gasteiger partial charge is 0.507 e. The van der Waals surface area contributed by atoms with E-state index in [1.807, 2.05) is 49.4 Å². The molecule has 31 heavy (non-hydrogen) atoms. The highest BCUT2D eigenvalue weighted by Gasteiger charge is 2.45. The third-order valence-corrected chi connectivity index (χ3v) is 5.79. The first-order valence-electron chi connectivity index (χ1n) is 10.1. The lowest BCUT2D eigenvalue weighted by molar-refractivity contribution is -0.139. The van der Waals surface area contributed by atoms with Crippen molar-refractivity contribution in [3.8, 4) is 0 Å². The number of benzene rings is 3. The third-order valence-electron chi connectivity index (χ3n) is 5.53. The molecule has 0 aliphatic carbocycles. The zero-order valence-corrected chi connectivity index (χ0v) is 17.8. The number of hydrogen-bond acceptors (Lipinski definition) is 3. The van der Waals surface area contributed by atoms with E-state index in [1.165, 1.54) is 4.90 Å². The van der Waals surface area contributed by atoms with Gasteiger partial charge in [-0.05, 0) is 36.6 Å². The van der Waals surface area contributed by atoms with Crippen LogP contribution in [0.5, 0.6) is 0 Å². The summed E-state index contributed by atoms with van der Waals surface area (Å²) < 4.78 is 0. The van der Waals surface area contributed by atoms with Gasteiger partial charge in [-0.2, -0.15) is 0 Å². The van der Waals surface area contributed by atoms with Gasteiger partial charge >= 0.3 is 0 Å². The second-order valence-electron chi connectivity index (χ2n) is 7.65. The topological polar surface area (TPSA) is 57.6 Å². The number of nitrogens with zero attached hydrogens (tertiary/aromatic N) is 1. The van der Waals surface area contributed by atoms with E-state index in [1.54, 1.807) is 36.4 Å². The minimum atomic E-state index is -0.678. The van der Waals surface area contributed by atoms with Crippen molar-refractivity contribution in [2.24, 2.45) is 0 Å². The van der Waals surface area contributed by atoms with Gasteiger partial charge in [0.05, 0.1) is 11.6 Å². The number of aliphatic hydroxyl groups excluding tert-OH is 1. The molecule has 1 amide bonds. The van der Waals surface area contributed by atoms with Crippen molar-refractivity contribution >= 4 is 29.1 Å². The van der Waals surface area contributed by atoms with Gasteiger partial charge in [0.15, 0.2) is 0 Å². The lowest BCUT2D eigenvalue weighted by Gasteiger charge is -2.25. The van der Waals surface area contributed by atoms with Crippen LogP contribution in [0.1, 0.15) is 28.3 Å². The van der Waals surface area contributed by atoms with Gasteiger partial charge in [-0.3, -0.25) is 9.59 Å². The molecule has 0 saturated carbocycles. The van der Waals surface area contributed by atoms with E-state index in [4.69, 9.17) is 11.6 Å². The van der Waals surface area contributed by atoms with E-state index < -0.39 is 17.7 Å². The maximum atomic E-state index is 13.0. The number of Topliss-reactive ketones (excluding diaryl/α,β-unsaturated/α-hetero) is 1. The summed E-state index contributed by atoms with van der Waals surface area (Å²) in [6, 6.07) is 23.4. The number of carbonyl (C=O) groups excluding carboxylic acids is 2. The maximum absolute atomic E-state index is 13.0. The Morgan fingerprint density at radius 1 is 0.935 bits per heavy atom. The minimum absolute atomic E-state index is 0.101. The number of halogens is 1. The van der Waals surface area contributed by atoms with Crippen molar-refractivity contribution in [3.63, 3.8) is 0 Å². The van der Waals surface area contributed by atoms with E-state index in [0.29, 0.717) is 23.6 Å². The fourth-order valence-electron chi connectivity index (χ4n) is 3.86. The fourth-order valence-corrected chi connectivity index (χ4v) is 3.99. The zero-order chi connectivity index (χ0) is 22.0. The van der Waals surface area contributed by atoms with Gasteiger partial charge < -0.3 is 10.0 Å². The van der Waals surface area contributed by atoms with Gasteiger partial charge in [0.1, 0.15) is 5.76 Å². The van der Waals surface area contributed by atoms with Crippen LogP contribution in [0.25, 0.3) is 5.76 Å². The molecule has 0 aromatic heterocycles. The number of aliphatic hydroxyl groups is 1. The number of carbonyl (C=O) groups is 2. The molecule has 1 fully saturated rings. The second kappa shape index (κ2) is 8.78. The number of rotatable bonds is 5. The van der Waals surface area contributed by atoms with Gasteiger partial charge in [-0.15, -0.1) is 0 Å². The van der Waals surface area contributed by atoms with Crippen LogP contribution in [-0.4, -0.2) is 28.2 Å². The predicted molar refractivity (Wildman–Crippen MR) is 122 cm³/mol. The molecule has 1 unspecified atom stereocenters. The van der Waals surface area contributed by atoms with Crippen molar-refractivity contribution in [1.29, 1.82) is 0 Å². The lowest BCUT2D eigenvalue weighted by atomic mass is 9.95. The average molecular weight is 432 g/mol. The molecule has 4 rings (SSSR count). The molecule has 1 aliphatic rings. The Morgan fingerprint density at radius 3 is 2.23 bits per heavy atom. The highest BCUT2D eigenvalue weighted by Crippen LogP contribution is 2.39. The van der Waals surface area contributed by atoms with Gasteiger partial charge in [-0.25, -0.2) is 0 Å². The van der Waals surface area contributed by atoms with Crippen molar-refractivity contribution in [1.82, 2.24) is 4.90 Å². The van der Waals surface area contributed by atoms with Gasteiger partial charge in [-0.1, -0.05) is 83.9 Å². The molecule has 4 nitrogen and oxygen atoms in total. The zero-order valence-electron chi connectivity index (χ0n) is 17.1. The Hall–Kier alpha value is -3.37. The molecule has 5 heteroatoms. The number of aryl methyl sites for hydroxylation is 1. The van der Waals surface area contributed by atoms with E-state index in [-0.39, 0.29) is 11.3 Å². The molecule has 1 aliphatic heterocycles. The quantitative estimate of drug-likeness (QED) is 0.338. The highest BCUT2D eigenvalue weighted by molar-refractivity contribution is 6.46. The summed E-state index contributed by atoms with van der Waals surface area (Å²) >= 11 is 6.05. The van der Waals surface area contributed by atoms with Gasteiger partial charge in [0.25, 0.3) is 11.7 Å². The Balaban J connectivity index is 1.78. The summed E-state index contributed by atoms with van der Waals surface area (Å²) in [7, 11) is 0. The summed E-state index contributed by atoms with van der Waals surface area (Å²) in [6.07, 6.45) is 0.600. The molecule has 1 atom stereocenters. The molecule has 3 aromatic carbocycles. The Labute approximate surface area is 186 Å². The van der Waals surface area contributed by atoms with Crippen molar-refractivity contribution in [2.75, 3.05) is 6.54 Å². The summed E-state index contributed by atoms with van der Waals surface area (Å²) in [5.74, 6) is -1.45. The molecule has 0 bridgehead atoms. The maximum Gasteiger partial charge on any atom is 0.295 e. The van der Waals surface area contributed by atoms with E-state index in [2.05, 4.69) is 0 Å². The standard InChI is InChI=1S/C26H22ClNO3/c1-17-7-9-20(10-8-17)24(29)22-23(19-11-13-21(27)14-12-19)28(26(31)25(22)30)16-15-18-5-3-2-4-6-18/h2-14,23,29H,15-16H2,1H3. The Morgan fingerprint density at radius 2 is 1.58 bits per heavy atom. The predicted octanol–water partition coefficient (Wildman–Crippen LogP) is 5.31. The number of ketones is 1. The SMILES string of the molecule is Cc1ccc(C(O)=C2C(=O)C(=O)N(CCc3ccccc3)C2c2ccc(Cl)cc2)cc1. The molecule has 0 radical (unpaired) electrons. The van der Waals surface area contributed by atoms with Crippen LogP contribution in [0, 0.1) is 6.92 Å². The first kappa shape index (κ1) is 20.9. The van der Waals surface area contributed by atoms with Crippen LogP contribution in [0.15, 0.2) is 84.4 Å². The van der Waals surface area contributed by atoms with E-state index in [0.717, 1.165) is 16.7 Å². The Kier molecular flexibility index (Phi) is 5.92. The van der Waals surface area contributed by atoms with Crippen molar-refractivity contribution < 1.29 is 14.7 Å². The summed E-state index contributed by atoms with van der Waals surface area (Å²) in [5, 5.41) is 11.6. The molecular formula is C26H22ClNO3. The number of amides is 1. The summed E-state index contributed by atoms with van der Waals surface area (Å²) in [6.45, 7) is 2.30. The molecular weight excluding hydrogens is 410 g/mol. The molecule has 0 spiro atoms. The van der Waals surface area contributed by atoms with Crippen molar-refractivity contribution in [2.45, 2.75) is 19.4 Å². The monoisotopic (exact) mass is 431 g/mol. The summed E-state index contributed by atoms with van der Waals surface area (Å²) in [5.41, 5.74) is 3.44. The normalized spacial score (nSPS) is 17.9. The summed E-state index contributed by atoms with van der Waals surface area (Å²) in [4.78, 5) is 27.5. The lowest BCUT2D eigenvalue weighted by Crippen LogP contribution is -2.31. The smallest absolute Gasteiger partial charge is 0.295 e. The van der Waals surface area contributed by atoms with Crippen molar-refractivity contribution in [3.05, 3.63) is 112 Å². The van der Waals surface area contributed by atoms with Gasteiger partial charge in [0.2, 0.25) is 0 Å². The van der Waals surface area contributed by atoms with Crippen LogP contribution in [-0.2, 0) is 16.0 Å². The fraction of sp³-hybridized carbons (Fsp3) is 0.154. The van der Waals surface area contributed by atoms with Crippen LogP contribution in [0.2, 0.25) is 5.02 Å². The molecule has 1 heterocycles. The second-order valence-corrected chi connectivity index (χ2v) is 8.08. The van der Waals surface area contributed by atoms with E-state index in [9.17, 15) is 14.7 Å². The first-order valence-corrected chi connectivity index (χ1v) is 10.5. The van der Waals surface area contributed by atoms with E-state index >= 15 is 0 Å².